The molecule has 1 aliphatic rings. The molecule has 0 bridgehead atoms. The Morgan fingerprint density at radius 3 is 2.47 bits per heavy atom. The molecular weight excluding hydrogens is 218 g/mol. The van der Waals surface area contributed by atoms with E-state index in [4.69, 9.17) is 10.3 Å². The summed E-state index contributed by atoms with van der Waals surface area (Å²) in [6, 6.07) is 0. The predicted molar refractivity (Wildman–Crippen MR) is 54.0 cm³/mol. The van der Waals surface area contributed by atoms with E-state index >= 15 is 0 Å². The molecule has 1 fully saturated rings. The first-order valence-corrected chi connectivity index (χ1v) is 6.54. The molecule has 15 heavy (non-hydrogen) atoms. The molecule has 0 spiro atoms. The number of nitrogens with zero attached hydrogens (tertiary/aromatic N) is 2. The van der Waals surface area contributed by atoms with Crippen LogP contribution < -0.4 is 5.73 Å². The summed E-state index contributed by atoms with van der Waals surface area (Å²) in [6.45, 7) is 1.93. The van der Waals surface area contributed by atoms with Gasteiger partial charge in [0.1, 0.15) is 9.84 Å². The summed E-state index contributed by atoms with van der Waals surface area (Å²) in [7, 11) is -2.88. The van der Waals surface area contributed by atoms with Gasteiger partial charge in [0, 0.05) is 5.41 Å². The molecule has 6 nitrogen and oxygen atoms in total. The van der Waals surface area contributed by atoms with Crippen LogP contribution in [0.4, 0.5) is 5.95 Å². The second-order valence-corrected chi connectivity index (χ2v) is 6.47. The minimum Gasteiger partial charge on any atom is -0.365 e. The minimum atomic E-state index is -2.88. The molecule has 2 rings (SSSR count). The Balaban J connectivity index is 2.23. The molecule has 0 unspecified atom stereocenters. The van der Waals surface area contributed by atoms with Crippen molar-refractivity contribution >= 4 is 15.8 Å². The zero-order chi connectivity index (χ0) is 11.1. The third kappa shape index (κ3) is 1.97. The van der Waals surface area contributed by atoms with Crippen molar-refractivity contribution < 1.29 is 12.9 Å². The Morgan fingerprint density at radius 1 is 1.40 bits per heavy atom. The van der Waals surface area contributed by atoms with Gasteiger partial charge < -0.3 is 10.3 Å². The summed E-state index contributed by atoms with van der Waals surface area (Å²) in [6.07, 6.45) is 1.02. The average molecular weight is 231 g/mol. The van der Waals surface area contributed by atoms with Crippen LogP contribution in [0.2, 0.25) is 0 Å². The molecule has 1 aliphatic heterocycles. The smallest absolute Gasteiger partial charge is 0.260 e. The Bertz CT molecular complexity index is 451. The Kier molecular flexibility index (Phi) is 2.22. The van der Waals surface area contributed by atoms with E-state index in [0.29, 0.717) is 18.7 Å². The van der Waals surface area contributed by atoms with Gasteiger partial charge in [-0.15, -0.1) is 0 Å². The normalized spacial score (nSPS) is 23.8. The van der Waals surface area contributed by atoms with Crippen LogP contribution in [0.25, 0.3) is 0 Å². The van der Waals surface area contributed by atoms with Gasteiger partial charge in [0.05, 0.1) is 11.5 Å². The van der Waals surface area contributed by atoms with E-state index in [0.717, 1.165) is 0 Å². The number of nitrogens with two attached hydrogens (primary N) is 1. The van der Waals surface area contributed by atoms with Crippen LogP contribution in [-0.4, -0.2) is 30.1 Å². The lowest BCUT2D eigenvalue weighted by Gasteiger charge is -2.29. The van der Waals surface area contributed by atoms with Crippen LogP contribution in [0.3, 0.4) is 0 Å². The number of rotatable bonds is 1. The average Bonchev–Trinajstić information content (AvgIpc) is 2.59. The van der Waals surface area contributed by atoms with Crippen molar-refractivity contribution in [3.63, 3.8) is 0 Å². The fraction of sp³-hybridized carbons (Fsp3) is 0.750. The monoisotopic (exact) mass is 231 g/mol. The molecule has 1 aromatic heterocycles. The SMILES string of the molecule is CC1(c2nc(N)no2)CCS(=O)(=O)CC1. The lowest BCUT2D eigenvalue weighted by atomic mass is 9.84. The first-order chi connectivity index (χ1) is 6.91. The van der Waals surface area contributed by atoms with Crippen LogP contribution in [0.1, 0.15) is 25.7 Å². The third-order valence-electron chi connectivity index (χ3n) is 2.89. The summed E-state index contributed by atoms with van der Waals surface area (Å²) < 4.78 is 27.6. The van der Waals surface area contributed by atoms with E-state index in [1.54, 1.807) is 0 Å². The number of hydrogen-bond acceptors (Lipinski definition) is 6. The van der Waals surface area contributed by atoms with Gasteiger partial charge in [-0.2, -0.15) is 4.98 Å². The van der Waals surface area contributed by atoms with Crippen LogP contribution >= 0.6 is 0 Å². The minimum absolute atomic E-state index is 0.0969. The van der Waals surface area contributed by atoms with Gasteiger partial charge in [-0.05, 0) is 18.0 Å². The second kappa shape index (κ2) is 3.19. The van der Waals surface area contributed by atoms with Crippen molar-refractivity contribution in [2.75, 3.05) is 17.2 Å². The standard InChI is InChI=1S/C8H13N3O3S/c1-8(6-10-7(9)11-14-6)2-4-15(12,13)5-3-8/h2-5H2,1H3,(H2,9,11). The van der Waals surface area contributed by atoms with Gasteiger partial charge in [-0.3, -0.25) is 0 Å². The van der Waals surface area contributed by atoms with Crippen LogP contribution in [0.15, 0.2) is 4.52 Å². The summed E-state index contributed by atoms with van der Waals surface area (Å²) in [5.74, 6) is 0.881. The molecule has 0 saturated carbocycles. The van der Waals surface area contributed by atoms with Gasteiger partial charge in [0.2, 0.25) is 5.89 Å². The lowest BCUT2D eigenvalue weighted by molar-refractivity contribution is 0.275. The highest BCUT2D eigenvalue weighted by Crippen LogP contribution is 2.34. The van der Waals surface area contributed by atoms with E-state index < -0.39 is 9.84 Å². The van der Waals surface area contributed by atoms with Gasteiger partial charge in [0.25, 0.3) is 5.95 Å². The quantitative estimate of drug-likeness (QED) is 0.736. The van der Waals surface area contributed by atoms with Gasteiger partial charge in [-0.25, -0.2) is 8.42 Å². The lowest BCUT2D eigenvalue weighted by Crippen LogP contribution is -2.34. The molecule has 1 aromatic rings. The van der Waals surface area contributed by atoms with Crippen LogP contribution in [-0.2, 0) is 15.3 Å². The topological polar surface area (TPSA) is 99.1 Å². The zero-order valence-electron chi connectivity index (χ0n) is 8.43. The van der Waals surface area contributed by atoms with E-state index in [2.05, 4.69) is 10.1 Å². The molecule has 0 atom stereocenters. The molecule has 0 aromatic carbocycles. The maximum Gasteiger partial charge on any atom is 0.260 e. The first-order valence-electron chi connectivity index (χ1n) is 4.71. The highest BCUT2D eigenvalue weighted by atomic mass is 32.2. The number of nitrogen functional groups attached to an aromatic ring is 1. The summed E-state index contributed by atoms with van der Waals surface area (Å²) >= 11 is 0. The van der Waals surface area contributed by atoms with Crippen LogP contribution in [0.5, 0.6) is 0 Å². The predicted octanol–water partition coefficient (Wildman–Crippen LogP) is 0.118. The van der Waals surface area contributed by atoms with E-state index in [9.17, 15) is 8.42 Å². The van der Waals surface area contributed by atoms with E-state index in [1.165, 1.54) is 0 Å². The van der Waals surface area contributed by atoms with Crippen molar-refractivity contribution in [2.24, 2.45) is 0 Å². The summed E-state index contributed by atoms with van der Waals surface area (Å²) in [4.78, 5) is 3.96. The summed E-state index contributed by atoms with van der Waals surface area (Å²) in [5, 5.41) is 3.52. The molecule has 0 radical (unpaired) electrons. The van der Waals surface area contributed by atoms with Crippen molar-refractivity contribution in [3.8, 4) is 0 Å². The molecule has 2 N–H and O–H groups in total. The zero-order valence-corrected chi connectivity index (χ0v) is 9.25. The van der Waals surface area contributed by atoms with E-state index in [1.807, 2.05) is 6.92 Å². The molecule has 0 aliphatic carbocycles. The number of anilines is 1. The van der Waals surface area contributed by atoms with Crippen molar-refractivity contribution in [1.29, 1.82) is 0 Å². The number of hydrogen-bond donors (Lipinski definition) is 1. The fourth-order valence-electron chi connectivity index (χ4n) is 1.68. The maximum absolute atomic E-state index is 11.3. The second-order valence-electron chi connectivity index (χ2n) is 4.17. The maximum atomic E-state index is 11.3. The van der Waals surface area contributed by atoms with Gasteiger partial charge in [-0.1, -0.05) is 6.92 Å². The molecule has 7 heteroatoms. The first kappa shape index (κ1) is 10.4. The Hall–Kier alpha value is -1.11. The van der Waals surface area contributed by atoms with Crippen molar-refractivity contribution in [3.05, 3.63) is 5.89 Å². The van der Waals surface area contributed by atoms with Crippen LogP contribution in [0, 0.1) is 0 Å². The third-order valence-corrected chi connectivity index (χ3v) is 4.54. The van der Waals surface area contributed by atoms with E-state index in [-0.39, 0.29) is 22.9 Å². The van der Waals surface area contributed by atoms with Crippen molar-refractivity contribution in [2.45, 2.75) is 25.2 Å². The van der Waals surface area contributed by atoms with Gasteiger partial charge in [0.15, 0.2) is 0 Å². The molecule has 84 valence electrons. The van der Waals surface area contributed by atoms with Crippen molar-refractivity contribution in [1.82, 2.24) is 10.1 Å². The molecule has 1 saturated heterocycles. The Morgan fingerprint density at radius 2 is 2.00 bits per heavy atom. The molecule has 2 heterocycles. The number of aromatic nitrogens is 2. The highest BCUT2D eigenvalue weighted by Gasteiger charge is 2.39. The largest absolute Gasteiger partial charge is 0.365 e. The van der Waals surface area contributed by atoms with Gasteiger partial charge >= 0.3 is 0 Å². The summed E-state index contributed by atoms with van der Waals surface area (Å²) in [5.41, 5.74) is 5.01. The molecule has 0 amide bonds. The molecular formula is C8H13N3O3S. The Labute approximate surface area is 87.8 Å². The number of sulfone groups is 1. The highest BCUT2D eigenvalue weighted by molar-refractivity contribution is 7.91. The fourth-order valence-corrected chi connectivity index (χ4v) is 3.41.